The molecule has 2 saturated heterocycles. The molecule has 1 aromatic rings. The molecule has 0 aliphatic carbocycles. The van der Waals surface area contributed by atoms with Crippen molar-refractivity contribution < 1.29 is 14.6 Å². The average Bonchev–Trinajstić information content (AvgIpc) is 3.26. The zero-order chi connectivity index (χ0) is 22.8. The van der Waals surface area contributed by atoms with Gasteiger partial charge in [0.2, 0.25) is 0 Å². The number of methoxy groups -OCH3 is 1. The number of rotatable bonds is 13. The van der Waals surface area contributed by atoms with Crippen molar-refractivity contribution in [1.29, 1.82) is 0 Å². The minimum Gasteiger partial charge on any atom is -0.494 e. The van der Waals surface area contributed by atoms with Crippen LogP contribution in [0, 0.1) is 5.92 Å². The van der Waals surface area contributed by atoms with E-state index in [2.05, 4.69) is 33.8 Å². The molecule has 0 saturated carbocycles. The molecule has 1 N–H and O–H groups in total. The van der Waals surface area contributed by atoms with Gasteiger partial charge in [-0.1, -0.05) is 13.0 Å². The smallest absolute Gasteiger partial charge is 0.124 e. The summed E-state index contributed by atoms with van der Waals surface area (Å²) in [5.41, 5.74) is 2.17. The first kappa shape index (κ1) is 25.4. The summed E-state index contributed by atoms with van der Waals surface area (Å²) in [7, 11) is 1.79. The molecule has 182 valence electrons. The second kappa shape index (κ2) is 13.5. The Hall–Kier alpha value is -1.18. The van der Waals surface area contributed by atoms with Gasteiger partial charge in [-0.2, -0.15) is 0 Å². The first-order chi connectivity index (χ1) is 15.7. The quantitative estimate of drug-likeness (QED) is 0.501. The number of likely N-dealkylation sites (N-methyl/N-ethyl adjacent to an activating group) is 1. The fourth-order valence-electron chi connectivity index (χ4n) is 5.41. The van der Waals surface area contributed by atoms with E-state index in [0.717, 1.165) is 56.6 Å². The molecule has 2 fully saturated rings. The number of piperidine rings is 1. The van der Waals surface area contributed by atoms with Crippen molar-refractivity contribution in [3.8, 4) is 5.75 Å². The summed E-state index contributed by atoms with van der Waals surface area (Å²) in [5, 5.41) is 9.83. The fraction of sp³-hybridized carbons (Fsp3) is 0.769. The summed E-state index contributed by atoms with van der Waals surface area (Å²) in [4.78, 5) is 7.88. The van der Waals surface area contributed by atoms with Crippen LogP contribution in [0.2, 0.25) is 0 Å². The van der Waals surface area contributed by atoms with Gasteiger partial charge in [-0.25, -0.2) is 0 Å². The van der Waals surface area contributed by atoms with Crippen molar-refractivity contribution in [3.63, 3.8) is 0 Å². The van der Waals surface area contributed by atoms with Gasteiger partial charge in [-0.3, -0.25) is 9.80 Å². The third-order valence-electron chi connectivity index (χ3n) is 7.21. The van der Waals surface area contributed by atoms with Crippen LogP contribution in [0.15, 0.2) is 18.2 Å². The molecule has 32 heavy (non-hydrogen) atoms. The molecule has 3 rings (SSSR count). The van der Waals surface area contributed by atoms with E-state index in [1.807, 2.05) is 13.0 Å². The third-order valence-corrected chi connectivity index (χ3v) is 7.21. The number of aliphatic hydroxyl groups excluding tert-OH is 1. The SMILES string of the molecule is CCOc1ccc(CN(CC2CCN(CCOC)CC2)CC2CCCN2CC)cc1CO. The molecule has 0 radical (unpaired) electrons. The minimum absolute atomic E-state index is 0.0232. The molecule has 6 heteroatoms. The van der Waals surface area contributed by atoms with Crippen molar-refractivity contribution in [3.05, 3.63) is 29.3 Å². The van der Waals surface area contributed by atoms with Gasteiger partial charge >= 0.3 is 0 Å². The van der Waals surface area contributed by atoms with Crippen LogP contribution in [0.1, 0.15) is 50.7 Å². The van der Waals surface area contributed by atoms with Crippen LogP contribution in [0.3, 0.4) is 0 Å². The minimum atomic E-state index is 0.0232. The summed E-state index contributed by atoms with van der Waals surface area (Å²) in [6, 6.07) is 7.01. The van der Waals surface area contributed by atoms with Crippen molar-refractivity contribution in [2.75, 3.05) is 66.1 Å². The standard InChI is InChI=1S/C26H45N3O3/c1-4-29-12-6-7-25(29)20-28(18-22-10-13-27(14-11-22)15-16-31-3)19-23-8-9-26(32-5-2)24(17-23)21-30/h8-9,17,22,25,30H,4-7,10-16,18-21H2,1-3H3. The van der Waals surface area contributed by atoms with Gasteiger partial charge in [0, 0.05) is 44.9 Å². The first-order valence-electron chi connectivity index (χ1n) is 12.7. The normalized spacial score (nSPS) is 21.0. The Morgan fingerprint density at radius 2 is 1.91 bits per heavy atom. The van der Waals surface area contributed by atoms with Gasteiger partial charge in [-0.15, -0.1) is 0 Å². The Bertz CT molecular complexity index is 664. The van der Waals surface area contributed by atoms with Crippen molar-refractivity contribution in [1.82, 2.24) is 14.7 Å². The molecule has 2 heterocycles. The van der Waals surface area contributed by atoms with Gasteiger partial charge in [0.15, 0.2) is 0 Å². The largest absolute Gasteiger partial charge is 0.494 e. The number of hydrogen-bond donors (Lipinski definition) is 1. The maximum atomic E-state index is 9.83. The molecule has 6 nitrogen and oxygen atoms in total. The Kier molecular flexibility index (Phi) is 10.7. The van der Waals surface area contributed by atoms with E-state index in [4.69, 9.17) is 9.47 Å². The molecule has 1 atom stereocenters. The molecule has 0 aromatic heterocycles. The highest BCUT2D eigenvalue weighted by Gasteiger charge is 2.27. The van der Waals surface area contributed by atoms with Gasteiger partial charge in [0.1, 0.15) is 5.75 Å². The highest BCUT2D eigenvalue weighted by Crippen LogP contribution is 2.25. The molecule has 2 aliphatic heterocycles. The lowest BCUT2D eigenvalue weighted by atomic mass is 9.95. The van der Waals surface area contributed by atoms with Gasteiger partial charge in [-0.05, 0) is 82.4 Å². The number of nitrogens with zero attached hydrogens (tertiary/aromatic N) is 3. The van der Waals surface area contributed by atoms with Crippen LogP contribution in [0.4, 0.5) is 0 Å². The van der Waals surface area contributed by atoms with Crippen LogP contribution in [-0.2, 0) is 17.9 Å². The zero-order valence-electron chi connectivity index (χ0n) is 20.6. The second-order valence-electron chi connectivity index (χ2n) is 9.43. The Balaban J connectivity index is 1.64. The Labute approximate surface area is 195 Å². The summed E-state index contributed by atoms with van der Waals surface area (Å²) < 4.78 is 10.9. The average molecular weight is 448 g/mol. The van der Waals surface area contributed by atoms with Gasteiger partial charge in [0.05, 0.1) is 19.8 Å². The summed E-state index contributed by atoms with van der Waals surface area (Å²) in [6.45, 7) is 14.8. The van der Waals surface area contributed by atoms with E-state index in [0.29, 0.717) is 12.6 Å². The second-order valence-corrected chi connectivity index (χ2v) is 9.43. The topological polar surface area (TPSA) is 48.4 Å². The van der Waals surface area contributed by atoms with Gasteiger partial charge < -0.3 is 19.5 Å². The van der Waals surface area contributed by atoms with E-state index in [9.17, 15) is 5.11 Å². The highest BCUT2D eigenvalue weighted by atomic mass is 16.5. The monoisotopic (exact) mass is 447 g/mol. The summed E-state index contributed by atoms with van der Waals surface area (Å²) in [6.07, 6.45) is 5.17. The molecule has 0 spiro atoms. The zero-order valence-corrected chi connectivity index (χ0v) is 20.6. The lowest BCUT2D eigenvalue weighted by Crippen LogP contribution is -2.44. The molecule has 1 aromatic carbocycles. The molecule has 2 aliphatic rings. The van der Waals surface area contributed by atoms with Gasteiger partial charge in [0.25, 0.3) is 0 Å². The van der Waals surface area contributed by atoms with Crippen molar-refractivity contribution in [2.45, 2.75) is 58.7 Å². The van der Waals surface area contributed by atoms with Crippen LogP contribution in [0.5, 0.6) is 5.75 Å². The maximum Gasteiger partial charge on any atom is 0.124 e. The lowest BCUT2D eigenvalue weighted by Gasteiger charge is -2.36. The highest BCUT2D eigenvalue weighted by molar-refractivity contribution is 5.37. The number of ether oxygens (including phenoxy) is 2. The van der Waals surface area contributed by atoms with E-state index < -0.39 is 0 Å². The molecule has 1 unspecified atom stereocenters. The van der Waals surface area contributed by atoms with E-state index >= 15 is 0 Å². The van der Waals surface area contributed by atoms with Crippen LogP contribution in [-0.4, -0.2) is 92.0 Å². The van der Waals surface area contributed by atoms with Crippen LogP contribution >= 0.6 is 0 Å². The van der Waals surface area contributed by atoms with Crippen molar-refractivity contribution >= 4 is 0 Å². The maximum absolute atomic E-state index is 9.83. The van der Waals surface area contributed by atoms with Crippen molar-refractivity contribution in [2.24, 2.45) is 5.92 Å². The predicted molar refractivity (Wildman–Crippen MR) is 130 cm³/mol. The van der Waals surface area contributed by atoms with E-state index in [1.54, 1.807) is 7.11 Å². The van der Waals surface area contributed by atoms with E-state index in [-0.39, 0.29) is 6.61 Å². The third kappa shape index (κ3) is 7.42. The number of hydrogen-bond acceptors (Lipinski definition) is 6. The number of aliphatic hydroxyl groups is 1. The molecular weight excluding hydrogens is 402 g/mol. The summed E-state index contributed by atoms with van der Waals surface area (Å²) >= 11 is 0. The van der Waals surface area contributed by atoms with Crippen LogP contribution in [0.25, 0.3) is 0 Å². The van der Waals surface area contributed by atoms with E-state index in [1.165, 1.54) is 50.9 Å². The molecule has 0 amide bonds. The molecular formula is C26H45N3O3. The Morgan fingerprint density at radius 1 is 1.09 bits per heavy atom. The predicted octanol–water partition coefficient (Wildman–Crippen LogP) is 3.22. The number of likely N-dealkylation sites (tertiary alicyclic amines) is 2. The summed E-state index contributed by atoms with van der Waals surface area (Å²) in [5.74, 6) is 1.56. The Morgan fingerprint density at radius 3 is 2.59 bits per heavy atom. The first-order valence-corrected chi connectivity index (χ1v) is 12.7. The molecule has 0 bridgehead atoms. The number of benzene rings is 1. The van der Waals surface area contributed by atoms with Crippen LogP contribution < -0.4 is 4.74 Å². The lowest BCUT2D eigenvalue weighted by molar-refractivity contribution is 0.0964. The fourth-order valence-corrected chi connectivity index (χ4v) is 5.41.